The second kappa shape index (κ2) is 9.95. The Bertz CT molecular complexity index is 1240. The van der Waals surface area contributed by atoms with Gasteiger partial charge in [-0.1, -0.05) is 0 Å². The summed E-state index contributed by atoms with van der Waals surface area (Å²) >= 11 is 0. The van der Waals surface area contributed by atoms with E-state index >= 15 is 0 Å². The molecule has 6 atom stereocenters. The van der Waals surface area contributed by atoms with Crippen LogP contribution < -0.4 is 5.56 Å². The zero-order valence-corrected chi connectivity index (χ0v) is 20.3. The van der Waals surface area contributed by atoms with Gasteiger partial charge in [0.05, 0.1) is 12.9 Å². The predicted octanol–water partition coefficient (Wildman–Crippen LogP) is -0.301. The van der Waals surface area contributed by atoms with Crippen LogP contribution in [0.5, 0.6) is 0 Å². The molecule has 21 heteroatoms. The molecule has 0 radical (unpaired) electrons. The highest BCUT2D eigenvalue weighted by atomic mass is 31.3. The van der Waals surface area contributed by atoms with E-state index in [0.29, 0.717) is 0 Å². The molecule has 18 nitrogen and oxygen atoms in total. The van der Waals surface area contributed by atoms with Crippen molar-refractivity contribution >= 4 is 34.6 Å². The Morgan fingerprint density at radius 1 is 1.21 bits per heavy atom. The molecule has 1 saturated heterocycles. The third-order valence-electron chi connectivity index (χ3n) is 4.44. The summed E-state index contributed by atoms with van der Waals surface area (Å²) in [7, 11) is -14.0. The van der Waals surface area contributed by atoms with Gasteiger partial charge in [-0.05, 0) is 6.92 Å². The van der Waals surface area contributed by atoms with Crippen molar-refractivity contribution in [3.05, 3.63) is 22.5 Å². The van der Waals surface area contributed by atoms with Gasteiger partial charge in [0.1, 0.15) is 24.1 Å². The zero-order chi connectivity index (χ0) is 25.5. The second-order valence-electron chi connectivity index (χ2n) is 6.78. The van der Waals surface area contributed by atoms with Gasteiger partial charge in [0.15, 0.2) is 17.4 Å². The molecule has 0 amide bonds. The summed E-state index contributed by atoms with van der Waals surface area (Å²) in [5.41, 5.74) is -0.374. The highest BCUT2D eigenvalue weighted by molar-refractivity contribution is 7.66. The van der Waals surface area contributed by atoms with Gasteiger partial charge in [-0.15, -0.1) is 0 Å². The first-order chi connectivity index (χ1) is 15.7. The van der Waals surface area contributed by atoms with Crippen molar-refractivity contribution in [3.8, 4) is 0 Å². The quantitative estimate of drug-likeness (QED) is 0.238. The average molecular weight is 550 g/mol. The minimum absolute atomic E-state index is 0.000666. The lowest BCUT2D eigenvalue weighted by atomic mass is 10.1. The number of fused-ring (bicyclic) bond motifs is 1. The van der Waals surface area contributed by atoms with Gasteiger partial charge in [-0.25, -0.2) is 23.7 Å². The number of nitrogens with one attached hydrogen (secondary N) is 1. The lowest BCUT2D eigenvalue weighted by molar-refractivity contribution is -0.0580. The Labute approximate surface area is 190 Å². The van der Waals surface area contributed by atoms with Crippen LogP contribution in [-0.4, -0.2) is 78.4 Å². The summed E-state index contributed by atoms with van der Waals surface area (Å²) in [6, 6.07) is 0. The van der Waals surface area contributed by atoms with Crippen LogP contribution in [0.2, 0.25) is 0 Å². The molecule has 192 valence electrons. The predicted molar refractivity (Wildman–Crippen MR) is 108 cm³/mol. The zero-order valence-electron chi connectivity index (χ0n) is 17.6. The minimum Gasteiger partial charge on any atom is -0.387 e. The molecule has 5 N–H and O–H groups in total. The van der Waals surface area contributed by atoms with Crippen molar-refractivity contribution in [1.29, 1.82) is 0 Å². The van der Waals surface area contributed by atoms with Crippen LogP contribution >= 0.6 is 23.5 Å². The van der Waals surface area contributed by atoms with E-state index in [1.54, 1.807) is 6.92 Å². The third-order valence-corrected chi connectivity index (χ3v) is 8.66. The van der Waals surface area contributed by atoms with Crippen LogP contribution in [0.15, 0.2) is 11.1 Å². The first-order valence-corrected chi connectivity index (χ1v) is 13.6. The Balaban J connectivity index is 1.79. The van der Waals surface area contributed by atoms with E-state index in [4.69, 9.17) is 23.8 Å². The number of aromatic nitrogens is 4. The van der Waals surface area contributed by atoms with Crippen LogP contribution in [0.25, 0.3) is 11.2 Å². The standard InChI is InChI=1S/C13H21N4O14P3/c1-6-15-11-8(12(19)16-6)14-5-17(11)13-10(26-2)9(18)7(29-13)4-28-34(25,27-3)31-33(23,24)30-32(20,21)22/h5,7,9-10,13,18H,4H2,1-3H3,(H,23,24)(H,15,16,19)(H2,20,21,22)/t7-,9+,10?,13-,34?/m1/s1. The number of aliphatic hydroxyl groups excluding tert-OH is 1. The Morgan fingerprint density at radius 3 is 2.47 bits per heavy atom. The van der Waals surface area contributed by atoms with E-state index in [1.807, 2.05) is 0 Å². The van der Waals surface area contributed by atoms with Gasteiger partial charge in [0, 0.05) is 14.2 Å². The fraction of sp³-hybridized carbons (Fsp3) is 0.615. The number of aryl methyl sites for hydroxylation is 1. The van der Waals surface area contributed by atoms with E-state index in [9.17, 15) is 28.5 Å². The lowest BCUT2D eigenvalue weighted by Gasteiger charge is -2.21. The molecule has 0 aliphatic carbocycles. The number of methoxy groups -OCH3 is 1. The first-order valence-electron chi connectivity index (χ1n) is 9.10. The van der Waals surface area contributed by atoms with Crippen molar-refractivity contribution in [3.63, 3.8) is 0 Å². The van der Waals surface area contributed by atoms with Gasteiger partial charge < -0.3 is 34.2 Å². The van der Waals surface area contributed by atoms with Gasteiger partial charge >= 0.3 is 23.5 Å². The van der Waals surface area contributed by atoms with Gasteiger partial charge in [0.2, 0.25) is 0 Å². The molecule has 1 aliphatic heterocycles. The number of aliphatic hydroxyl groups is 1. The number of hydrogen-bond acceptors (Lipinski definition) is 13. The van der Waals surface area contributed by atoms with E-state index in [2.05, 4.69) is 28.1 Å². The number of phosphoric acid groups is 3. The molecule has 34 heavy (non-hydrogen) atoms. The maximum Gasteiger partial charge on any atom is 0.490 e. The number of ether oxygens (including phenoxy) is 2. The van der Waals surface area contributed by atoms with E-state index in [-0.39, 0.29) is 17.0 Å². The summed E-state index contributed by atoms with van der Waals surface area (Å²) < 4.78 is 64.3. The summed E-state index contributed by atoms with van der Waals surface area (Å²) in [5, 5.41) is 10.6. The molecule has 1 aliphatic rings. The maximum absolute atomic E-state index is 12.5. The molecule has 3 heterocycles. The molecule has 3 unspecified atom stereocenters. The molecule has 1 fully saturated rings. The first kappa shape index (κ1) is 27.2. The van der Waals surface area contributed by atoms with Crippen LogP contribution in [0.4, 0.5) is 0 Å². The summed E-state index contributed by atoms with van der Waals surface area (Å²) in [6.07, 6.45) is -3.62. The molecule has 0 bridgehead atoms. The average Bonchev–Trinajstić information content (AvgIpc) is 3.24. The van der Waals surface area contributed by atoms with E-state index < -0.39 is 60.2 Å². The van der Waals surface area contributed by atoms with Crippen LogP contribution in [-0.2, 0) is 40.8 Å². The van der Waals surface area contributed by atoms with Crippen molar-refractivity contribution in [1.82, 2.24) is 19.5 Å². The molecule has 3 rings (SSSR count). The van der Waals surface area contributed by atoms with Crippen molar-refractivity contribution in [2.24, 2.45) is 0 Å². The van der Waals surface area contributed by atoms with Crippen LogP contribution in [0, 0.1) is 6.92 Å². The number of phosphoric ester groups is 1. The monoisotopic (exact) mass is 550 g/mol. The van der Waals surface area contributed by atoms with Crippen LogP contribution in [0.3, 0.4) is 0 Å². The van der Waals surface area contributed by atoms with E-state index in [0.717, 1.165) is 7.11 Å². The van der Waals surface area contributed by atoms with Crippen LogP contribution in [0.1, 0.15) is 12.1 Å². The molecule has 2 aromatic rings. The van der Waals surface area contributed by atoms with Crippen molar-refractivity contribution in [2.75, 3.05) is 20.8 Å². The fourth-order valence-electron chi connectivity index (χ4n) is 3.11. The number of hydrogen-bond donors (Lipinski definition) is 5. The maximum atomic E-state index is 12.5. The Morgan fingerprint density at radius 2 is 1.88 bits per heavy atom. The normalized spacial score (nSPS) is 27.0. The number of imidazole rings is 1. The fourth-order valence-corrected chi connectivity index (χ4v) is 6.47. The van der Waals surface area contributed by atoms with Gasteiger partial charge in [-0.2, -0.15) is 8.62 Å². The van der Waals surface area contributed by atoms with Crippen molar-refractivity contribution in [2.45, 2.75) is 31.5 Å². The third kappa shape index (κ3) is 6.06. The highest BCUT2D eigenvalue weighted by Gasteiger charge is 2.48. The Kier molecular flexibility index (Phi) is 7.97. The smallest absolute Gasteiger partial charge is 0.387 e. The largest absolute Gasteiger partial charge is 0.490 e. The molecular weight excluding hydrogens is 529 g/mol. The molecule has 0 spiro atoms. The number of nitrogens with zero attached hydrogens (tertiary/aromatic N) is 3. The number of aromatic amines is 1. The molecular formula is C13H21N4O14P3. The van der Waals surface area contributed by atoms with E-state index in [1.165, 1.54) is 18.0 Å². The Hall–Kier alpha value is -1.36. The van der Waals surface area contributed by atoms with Crippen molar-refractivity contribution < 1.29 is 60.6 Å². The minimum atomic E-state index is -5.59. The molecule has 2 aromatic heterocycles. The second-order valence-corrected chi connectivity index (χ2v) is 11.5. The van der Waals surface area contributed by atoms with Gasteiger partial charge in [0.25, 0.3) is 5.56 Å². The topological polar surface area (TPSA) is 251 Å². The summed E-state index contributed by atoms with van der Waals surface area (Å²) in [4.78, 5) is 49.4. The highest BCUT2D eigenvalue weighted by Crippen LogP contribution is 2.68. The SMILES string of the molecule is COC1[C@@H](O)[C@@H](COP(=O)(OC)OP(=O)(O)OP(=O)(O)O)O[C@H]1n1cnc2c(=O)[nH]c(C)nc21. The summed E-state index contributed by atoms with van der Waals surface area (Å²) in [5.74, 6) is 0.288. The molecule has 0 saturated carbocycles. The van der Waals surface area contributed by atoms with Gasteiger partial charge in [-0.3, -0.25) is 18.4 Å². The summed E-state index contributed by atoms with van der Waals surface area (Å²) in [6.45, 7) is 0.781. The lowest BCUT2D eigenvalue weighted by Crippen LogP contribution is -2.35. The molecule has 0 aromatic carbocycles. The number of rotatable bonds is 10. The number of H-pyrrole nitrogens is 1.